The van der Waals surface area contributed by atoms with Crippen molar-refractivity contribution >= 4 is 16.9 Å². The lowest BCUT2D eigenvalue weighted by Crippen LogP contribution is -2.65. The first-order chi connectivity index (χ1) is 21.6. The number of ether oxygens (including phenoxy) is 1. The minimum absolute atomic E-state index is 0.130. The van der Waals surface area contributed by atoms with Gasteiger partial charge in [0.2, 0.25) is 5.88 Å². The third kappa shape index (κ3) is 6.22. The van der Waals surface area contributed by atoms with Gasteiger partial charge in [-0.1, -0.05) is 6.92 Å². The molecule has 5 heterocycles. The van der Waals surface area contributed by atoms with Gasteiger partial charge in [-0.2, -0.15) is 23.5 Å². The Morgan fingerprint density at radius 2 is 2.02 bits per heavy atom. The summed E-state index contributed by atoms with van der Waals surface area (Å²) < 4.78 is 48.6. The Labute approximate surface area is 257 Å². The third-order valence-corrected chi connectivity index (χ3v) is 8.89. The van der Waals surface area contributed by atoms with Gasteiger partial charge in [-0.15, -0.1) is 0 Å². The summed E-state index contributed by atoms with van der Waals surface area (Å²) in [7, 11) is 0. The number of nitriles is 1. The van der Waals surface area contributed by atoms with Crippen molar-refractivity contribution in [1.29, 1.82) is 5.26 Å². The number of hydrogen-bond donors (Lipinski definition) is 2. The number of carbonyl (C=O) groups excluding carboxylic acids is 1. The smallest absolute Gasteiger partial charge is 0.433 e. The Morgan fingerprint density at radius 3 is 2.73 bits per heavy atom. The first kappa shape index (κ1) is 30.5. The molecule has 0 aromatic carbocycles. The largest absolute Gasteiger partial charge is 0.474 e. The number of nitrogens with one attached hydrogen (secondary N) is 2. The molecule has 1 aliphatic heterocycles. The van der Waals surface area contributed by atoms with Crippen LogP contribution in [0.2, 0.25) is 0 Å². The summed E-state index contributed by atoms with van der Waals surface area (Å²) in [6.07, 6.45) is 5.77. The van der Waals surface area contributed by atoms with Crippen LogP contribution in [0.15, 0.2) is 43.1 Å². The second-order valence-electron chi connectivity index (χ2n) is 12.0. The molecule has 2 fully saturated rings. The van der Waals surface area contributed by atoms with Crippen LogP contribution in [0.1, 0.15) is 68.4 Å². The number of aromatic nitrogens is 6. The van der Waals surface area contributed by atoms with E-state index in [0.717, 1.165) is 41.2 Å². The van der Waals surface area contributed by atoms with Crippen LogP contribution < -0.4 is 10.1 Å². The van der Waals surface area contributed by atoms with Gasteiger partial charge in [0.1, 0.15) is 29.3 Å². The highest BCUT2D eigenvalue weighted by molar-refractivity contribution is 5.94. The van der Waals surface area contributed by atoms with Crippen molar-refractivity contribution in [1.82, 2.24) is 39.9 Å². The van der Waals surface area contributed by atoms with Crippen LogP contribution in [-0.2, 0) is 11.7 Å². The molecule has 14 heteroatoms. The zero-order valence-corrected chi connectivity index (χ0v) is 25.0. The summed E-state index contributed by atoms with van der Waals surface area (Å²) in [6.45, 7) is 4.98. The average Bonchev–Trinajstić information content (AvgIpc) is 3.69. The maximum Gasteiger partial charge on any atom is 0.433 e. The third-order valence-electron chi connectivity index (χ3n) is 8.89. The highest BCUT2D eigenvalue weighted by atomic mass is 19.4. The monoisotopic (exact) mass is 621 g/mol. The number of alkyl halides is 3. The molecule has 1 amide bonds. The maximum absolute atomic E-state index is 13.6. The maximum atomic E-state index is 13.6. The van der Waals surface area contributed by atoms with Crippen molar-refractivity contribution in [2.75, 3.05) is 13.1 Å². The number of likely N-dealkylation sites (tertiary alicyclic amines) is 1. The van der Waals surface area contributed by atoms with E-state index in [4.69, 9.17) is 4.74 Å². The first-order valence-corrected chi connectivity index (χ1v) is 15.1. The lowest BCUT2D eigenvalue weighted by Gasteiger charge is -2.53. The number of hydrogen-bond acceptors (Lipinski definition) is 8. The first-order valence-electron chi connectivity index (χ1n) is 15.1. The molecule has 4 aromatic rings. The fourth-order valence-electron chi connectivity index (χ4n) is 6.21. The lowest BCUT2D eigenvalue weighted by atomic mass is 9.82. The van der Waals surface area contributed by atoms with Gasteiger partial charge >= 0.3 is 6.18 Å². The number of H-pyrrole nitrogens is 1. The summed E-state index contributed by atoms with van der Waals surface area (Å²) in [6, 6.07) is 6.36. The topological polar surface area (TPSA) is 138 Å². The van der Waals surface area contributed by atoms with E-state index < -0.39 is 23.3 Å². The number of nitrogens with zero attached hydrogens (tertiary/aromatic N) is 7. The number of pyridine rings is 1. The number of halogens is 3. The van der Waals surface area contributed by atoms with Crippen LogP contribution >= 0.6 is 0 Å². The zero-order chi connectivity index (χ0) is 31.8. The summed E-state index contributed by atoms with van der Waals surface area (Å²) in [5.41, 5.74) is 0.613. The SMILES string of the molecule is CCC(C)NC(=O)c1cc(O[C@H]2CC[C@@H](N3CC(CC#N)(n4cc(-c5ncnc6[nH]ccc56)cn4)C3)CC2)nc(C(F)(F)F)c1. The summed E-state index contributed by atoms with van der Waals surface area (Å²) in [4.78, 5) is 30.4. The van der Waals surface area contributed by atoms with E-state index >= 15 is 0 Å². The molecule has 1 atom stereocenters. The van der Waals surface area contributed by atoms with E-state index in [2.05, 4.69) is 41.3 Å². The fraction of sp³-hybridized carbons (Fsp3) is 0.484. The van der Waals surface area contributed by atoms with Crippen LogP contribution in [0.4, 0.5) is 13.2 Å². The Bertz CT molecular complexity index is 1710. The minimum Gasteiger partial charge on any atom is -0.474 e. The van der Waals surface area contributed by atoms with E-state index in [0.29, 0.717) is 38.8 Å². The molecule has 236 valence electrons. The van der Waals surface area contributed by atoms with Crippen LogP contribution in [0.25, 0.3) is 22.3 Å². The number of fused-ring (bicyclic) bond motifs is 1. The number of aromatic amines is 1. The van der Waals surface area contributed by atoms with E-state index in [1.165, 1.54) is 12.4 Å². The summed E-state index contributed by atoms with van der Waals surface area (Å²) >= 11 is 0. The second-order valence-corrected chi connectivity index (χ2v) is 12.0. The summed E-state index contributed by atoms with van der Waals surface area (Å²) in [5, 5.41) is 17.9. The predicted octanol–water partition coefficient (Wildman–Crippen LogP) is 5.08. The van der Waals surface area contributed by atoms with E-state index in [-0.39, 0.29) is 29.6 Å². The number of rotatable bonds is 9. The van der Waals surface area contributed by atoms with Gasteiger partial charge in [-0.3, -0.25) is 14.4 Å². The zero-order valence-electron chi connectivity index (χ0n) is 25.0. The van der Waals surface area contributed by atoms with E-state index in [1.54, 1.807) is 13.1 Å². The van der Waals surface area contributed by atoms with Gasteiger partial charge in [0.05, 0.1) is 24.4 Å². The minimum atomic E-state index is -4.71. The predicted molar refractivity (Wildman–Crippen MR) is 158 cm³/mol. The standard InChI is InChI=1S/C31H34F3N9O2/c1-3-19(2)40-29(44)20-12-25(31(32,33)34)41-26(13-20)45-23-6-4-22(5-7-23)42-16-30(17-42,9-10-35)43-15-21(14-39-43)27-24-8-11-36-28(24)38-18-37-27/h8,11-15,18-19,22-23H,3-7,9,16-17H2,1-2H3,(H,40,44)(H,36,37,38)/t19?,22-,23+. The van der Waals surface area contributed by atoms with Gasteiger partial charge in [-0.05, 0) is 51.2 Å². The molecule has 2 N–H and O–H groups in total. The normalized spacial score (nSPS) is 20.7. The van der Waals surface area contributed by atoms with Crippen LogP contribution in [0.3, 0.4) is 0 Å². The summed E-state index contributed by atoms with van der Waals surface area (Å²) in [5.74, 6) is -0.793. The van der Waals surface area contributed by atoms with Crippen molar-refractivity contribution in [3.63, 3.8) is 0 Å². The molecule has 0 bridgehead atoms. The molecule has 0 radical (unpaired) electrons. The van der Waals surface area contributed by atoms with Gasteiger partial charge in [0.15, 0.2) is 0 Å². The molecule has 1 aliphatic carbocycles. The average molecular weight is 622 g/mol. The molecule has 4 aromatic heterocycles. The fourth-order valence-corrected chi connectivity index (χ4v) is 6.21. The molecule has 6 rings (SSSR count). The van der Waals surface area contributed by atoms with Crippen molar-refractivity contribution in [3.8, 4) is 23.2 Å². The van der Waals surface area contributed by atoms with Crippen molar-refractivity contribution in [3.05, 3.63) is 54.4 Å². The van der Waals surface area contributed by atoms with Gasteiger partial charge in [0, 0.05) is 60.1 Å². The number of amides is 1. The Kier molecular flexibility index (Phi) is 8.22. The molecule has 11 nitrogen and oxygen atoms in total. The van der Waals surface area contributed by atoms with Crippen molar-refractivity contribution in [2.24, 2.45) is 0 Å². The van der Waals surface area contributed by atoms with Crippen molar-refractivity contribution in [2.45, 2.75) is 82.3 Å². The van der Waals surface area contributed by atoms with Crippen LogP contribution in [0, 0.1) is 11.3 Å². The second kappa shape index (κ2) is 12.1. The Balaban J connectivity index is 1.09. The van der Waals surface area contributed by atoms with Gasteiger partial charge < -0.3 is 15.0 Å². The van der Waals surface area contributed by atoms with Crippen LogP contribution in [0.5, 0.6) is 5.88 Å². The highest BCUT2D eigenvalue weighted by Crippen LogP contribution is 2.39. The van der Waals surface area contributed by atoms with Gasteiger partial charge in [-0.25, -0.2) is 15.0 Å². The van der Waals surface area contributed by atoms with E-state index in [1.807, 2.05) is 30.1 Å². The molecule has 0 spiro atoms. The quantitative estimate of drug-likeness (QED) is 0.264. The molecule has 1 saturated heterocycles. The Morgan fingerprint density at radius 1 is 1.24 bits per heavy atom. The molecular weight excluding hydrogens is 587 g/mol. The molecule has 2 aliphatic rings. The Hall–Kier alpha value is -4.51. The molecule has 1 saturated carbocycles. The van der Waals surface area contributed by atoms with Crippen LogP contribution in [-0.4, -0.2) is 71.8 Å². The van der Waals surface area contributed by atoms with E-state index in [9.17, 15) is 23.2 Å². The highest BCUT2D eigenvalue weighted by Gasteiger charge is 2.48. The lowest BCUT2D eigenvalue weighted by molar-refractivity contribution is -0.141. The molecule has 1 unspecified atom stereocenters. The van der Waals surface area contributed by atoms with Crippen molar-refractivity contribution < 1.29 is 22.7 Å². The molecule has 45 heavy (non-hydrogen) atoms. The molecular formula is C31H34F3N9O2. The van der Waals surface area contributed by atoms with Gasteiger partial charge in [0.25, 0.3) is 5.91 Å². The number of carbonyl (C=O) groups is 1.